The average Bonchev–Trinajstić information content (AvgIpc) is 2.72. The highest BCUT2D eigenvalue weighted by molar-refractivity contribution is 5.97. The van der Waals surface area contributed by atoms with E-state index >= 15 is 0 Å². The Balaban J connectivity index is 1.77. The van der Waals surface area contributed by atoms with Crippen molar-refractivity contribution < 1.29 is 9.53 Å². The highest BCUT2D eigenvalue weighted by Crippen LogP contribution is 2.14. The van der Waals surface area contributed by atoms with E-state index in [1.165, 1.54) is 4.57 Å². The Hall–Kier alpha value is -2.45. The largest absolute Gasteiger partial charge is 0.379 e. The zero-order valence-electron chi connectivity index (χ0n) is 17.4. The maximum absolute atomic E-state index is 12.8. The number of carbonyl (C=O) groups is 1. The number of carbonyl (C=O) groups excluding carboxylic acids is 1. The fraction of sp³-hybridized carbons (Fsp3) is 0.571. The lowest BCUT2D eigenvalue weighted by molar-refractivity contribution is 0.0124. The van der Waals surface area contributed by atoms with Gasteiger partial charge in [0.05, 0.1) is 24.2 Å². The lowest BCUT2D eigenvalue weighted by Gasteiger charge is -2.35. The summed E-state index contributed by atoms with van der Waals surface area (Å²) in [5.41, 5.74) is 0.288. The first-order valence-corrected chi connectivity index (χ1v) is 10.3. The predicted octanol–water partition coefficient (Wildman–Crippen LogP) is 1.19. The second kappa shape index (κ2) is 9.37. The van der Waals surface area contributed by atoms with E-state index in [0.717, 1.165) is 32.7 Å². The Bertz CT molecular complexity index is 973. The van der Waals surface area contributed by atoms with E-state index < -0.39 is 11.1 Å². The van der Waals surface area contributed by atoms with Crippen molar-refractivity contribution in [2.45, 2.75) is 39.8 Å². The Kier molecular flexibility index (Phi) is 6.87. The number of morpholine rings is 1. The van der Waals surface area contributed by atoms with Gasteiger partial charge in [0.2, 0.25) is 0 Å². The minimum absolute atomic E-state index is 0.191. The topological polar surface area (TPSA) is 96.4 Å². The molecule has 0 spiro atoms. The summed E-state index contributed by atoms with van der Waals surface area (Å²) in [6, 6.07) is 5.28. The standard InChI is InChI=1S/C21H30N4O4/c1-4-25-18-6-5-15(12-17(18)23-20(27)21(25)28)19(26)22-13-16(11-14(2)3)24-7-9-29-10-8-24/h5-6,12,14,16H,4,7-11,13H2,1-3H3,(H,22,26)(H,23,27). The molecule has 1 saturated heterocycles. The third kappa shape index (κ3) is 4.94. The smallest absolute Gasteiger partial charge is 0.316 e. The van der Waals surface area contributed by atoms with Crippen LogP contribution in [0.4, 0.5) is 0 Å². The number of amides is 1. The minimum Gasteiger partial charge on any atom is -0.379 e. The van der Waals surface area contributed by atoms with E-state index in [4.69, 9.17) is 4.74 Å². The molecule has 8 heteroatoms. The summed E-state index contributed by atoms with van der Waals surface area (Å²) in [5, 5.41) is 3.04. The number of hydrogen-bond donors (Lipinski definition) is 2. The molecule has 2 N–H and O–H groups in total. The monoisotopic (exact) mass is 402 g/mol. The zero-order valence-corrected chi connectivity index (χ0v) is 17.4. The molecular weight excluding hydrogens is 372 g/mol. The van der Waals surface area contributed by atoms with Crippen LogP contribution < -0.4 is 16.4 Å². The van der Waals surface area contributed by atoms with Crippen LogP contribution in [0.3, 0.4) is 0 Å². The number of nitrogens with one attached hydrogen (secondary N) is 2. The quantitative estimate of drug-likeness (QED) is 0.678. The number of rotatable bonds is 7. The van der Waals surface area contributed by atoms with E-state index in [2.05, 4.69) is 29.0 Å². The summed E-state index contributed by atoms with van der Waals surface area (Å²) in [6.45, 7) is 10.3. The lowest BCUT2D eigenvalue weighted by atomic mass is 10.0. The van der Waals surface area contributed by atoms with Crippen molar-refractivity contribution in [3.8, 4) is 0 Å². The van der Waals surface area contributed by atoms with Crippen LogP contribution in [0.2, 0.25) is 0 Å². The highest BCUT2D eigenvalue weighted by Gasteiger charge is 2.22. The van der Waals surface area contributed by atoms with Crippen molar-refractivity contribution in [3.05, 3.63) is 44.5 Å². The maximum atomic E-state index is 12.8. The first-order valence-electron chi connectivity index (χ1n) is 10.3. The number of benzene rings is 1. The molecule has 3 rings (SSSR count). The molecule has 1 aliphatic heterocycles. The molecule has 0 saturated carbocycles. The molecule has 1 aromatic heterocycles. The van der Waals surface area contributed by atoms with Gasteiger partial charge in [0, 0.05) is 37.8 Å². The van der Waals surface area contributed by atoms with Crippen LogP contribution >= 0.6 is 0 Å². The number of hydrogen-bond acceptors (Lipinski definition) is 5. The Morgan fingerprint density at radius 1 is 1.24 bits per heavy atom. The van der Waals surface area contributed by atoms with Crippen molar-refractivity contribution in [1.82, 2.24) is 19.8 Å². The number of aromatic amines is 1. The van der Waals surface area contributed by atoms with Crippen molar-refractivity contribution in [2.75, 3.05) is 32.8 Å². The Labute approximate surface area is 169 Å². The summed E-state index contributed by atoms with van der Waals surface area (Å²) in [4.78, 5) is 41.6. The van der Waals surface area contributed by atoms with Gasteiger partial charge in [0.1, 0.15) is 0 Å². The molecule has 1 fully saturated rings. The molecule has 1 atom stereocenters. The minimum atomic E-state index is -0.679. The fourth-order valence-electron chi connectivity index (χ4n) is 3.90. The Morgan fingerprint density at radius 3 is 2.62 bits per heavy atom. The number of ether oxygens (including phenoxy) is 1. The number of nitrogens with zero attached hydrogens (tertiary/aromatic N) is 2. The van der Waals surface area contributed by atoms with Crippen LogP contribution in [-0.4, -0.2) is 59.2 Å². The summed E-state index contributed by atoms with van der Waals surface area (Å²) >= 11 is 0. The molecule has 158 valence electrons. The summed E-state index contributed by atoms with van der Waals surface area (Å²) in [5.74, 6) is 0.334. The lowest BCUT2D eigenvalue weighted by Crippen LogP contribution is -2.49. The number of aromatic nitrogens is 2. The van der Waals surface area contributed by atoms with Crippen LogP contribution in [0.1, 0.15) is 37.6 Å². The highest BCUT2D eigenvalue weighted by atomic mass is 16.5. The second-order valence-electron chi connectivity index (χ2n) is 7.88. The van der Waals surface area contributed by atoms with E-state index in [1.807, 2.05) is 0 Å². The third-order valence-corrected chi connectivity index (χ3v) is 5.36. The zero-order chi connectivity index (χ0) is 21.0. The van der Waals surface area contributed by atoms with Gasteiger partial charge >= 0.3 is 11.1 Å². The van der Waals surface area contributed by atoms with Gasteiger partial charge in [-0.05, 0) is 37.5 Å². The van der Waals surface area contributed by atoms with E-state index in [0.29, 0.717) is 35.6 Å². The van der Waals surface area contributed by atoms with Crippen LogP contribution in [0, 0.1) is 5.92 Å². The molecule has 29 heavy (non-hydrogen) atoms. The van der Waals surface area contributed by atoms with Crippen LogP contribution in [-0.2, 0) is 11.3 Å². The molecule has 1 amide bonds. The van der Waals surface area contributed by atoms with Crippen LogP contribution in [0.25, 0.3) is 11.0 Å². The molecule has 1 aliphatic rings. The molecule has 1 aromatic carbocycles. The normalized spacial score (nSPS) is 16.3. The molecule has 1 unspecified atom stereocenters. The van der Waals surface area contributed by atoms with Gasteiger partial charge in [0.15, 0.2) is 0 Å². The van der Waals surface area contributed by atoms with E-state index in [-0.39, 0.29) is 11.9 Å². The van der Waals surface area contributed by atoms with Gasteiger partial charge in [-0.3, -0.25) is 19.3 Å². The predicted molar refractivity (Wildman–Crippen MR) is 112 cm³/mol. The maximum Gasteiger partial charge on any atom is 0.316 e. The number of aryl methyl sites for hydroxylation is 1. The third-order valence-electron chi connectivity index (χ3n) is 5.36. The van der Waals surface area contributed by atoms with E-state index in [9.17, 15) is 14.4 Å². The van der Waals surface area contributed by atoms with Crippen LogP contribution in [0.15, 0.2) is 27.8 Å². The van der Waals surface area contributed by atoms with Gasteiger partial charge in [-0.25, -0.2) is 0 Å². The molecular formula is C21H30N4O4. The molecule has 8 nitrogen and oxygen atoms in total. The number of fused-ring (bicyclic) bond motifs is 1. The van der Waals surface area contributed by atoms with E-state index in [1.54, 1.807) is 25.1 Å². The number of H-pyrrole nitrogens is 1. The molecule has 0 bridgehead atoms. The van der Waals surface area contributed by atoms with Gasteiger partial charge < -0.3 is 19.6 Å². The van der Waals surface area contributed by atoms with Crippen molar-refractivity contribution in [2.24, 2.45) is 5.92 Å². The first kappa shape index (κ1) is 21.3. The van der Waals surface area contributed by atoms with Gasteiger partial charge in [-0.1, -0.05) is 13.8 Å². The van der Waals surface area contributed by atoms with Crippen molar-refractivity contribution in [1.29, 1.82) is 0 Å². The Morgan fingerprint density at radius 2 is 1.97 bits per heavy atom. The molecule has 0 aliphatic carbocycles. The summed E-state index contributed by atoms with van der Waals surface area (Å²) in [7, 11) is 0. The van der Waals surface area contributed by atoms with Gasteiger partial charge in [0.25, 0.3) is 5.91 Å². The average molecular weight is 402 g/mol. The fourth-order valence-corrected chi connectivity index (χ4v) is 3.90. The molecule has 0 radical (unpaired) electrons. The molecule has 2 aromatic rings. The van der Waals surface area contributed by atoms with Gasteiger partial charge in [-0.15, -0.1) is 0 Å². The SMILES string of the molecule is CCn1c(=O)c(=O)[nH]c2cc(C(=O)NCC(CC(C)C)N3CCOCC3)ccc21. The van der Waals surface area contributed by atoms with Gasteiger partial charge in [-0.2, -0.15) is 0 Å². The first-order chi connectivity index (χ1) is 13.9. The van der Waals surface area contributed by atoms with Crippen LogP contribution in [0.5, 0.6) is 0 Å². The summed E-state index contributed by atoms with van der Waals surface area (Å²) < 4.78 is 6.85. The second-order valence-corrected chi connectivity index (χ2v) is 7.88. The van der Waals surface area contributed by atoms with Crippen molar-refractivity contribution in [3.63, 3.8) is 0 Å². The molecule has 2 heterocycles. The van der Waals surface area contributed by atoms with Crippen molar-refractivity contribution >= 4 is 16.9 Å². The summed E-state index contributed by atoms with van der Waals surface area (Å²) in [6.07, 6.45) is 0.994.